The lowest BCUT2D eigenvalue weighted by molar-refractivity contribution is -0.155. The maximum absolute atomic E-state index is 11.5. The predicted octanol–water partition coefficient (Wildman–Crippen LogP) is -0.738. The first-order valence-corrected chi connectivity index (χ1v) is 5.22. The normalized spacial score (nSPS) is 15.3. The number of hydrogen-bond donors (Lipinski definition) is 2. The summed E-state index contributed by atoms with van der Waals surface area (Å²) in [5.74, 6) is -1.67. The molecule has 0 aromatic carbocycles. The first-order valence-electron chi connectivity index (χ1n) is 5.22. The Bertz CT molecular complexity index is 379. The van der Waals surface area contributed by atoms with E-state index in [0.29, 0.717) is 6.61 Å². The highest BCUT2D eigenvalue weighted by atomic mass is 16.6. The minimum Gasteiger partial charge on any atom is -0.493 e. The second-order valence-electron chi connectivity index (χ2n) is 3.32. The molecule has 1 atom stereocenters. The Hall–Kier alpha value is -2.25. The van der Waals surface area contributed by atoms with Crippen molar-refractivity contribution in [3.8, 4) is 0 Å². The van der Waals surface area contributed by atoms with Crippen molar-refractivity contribution in [2.45, 2.75) is 13.0 Å². The van der Waals surface area contributed by atoms with Gasteiger partial charge in [-0.2, -0.15) is 0 Å². The van der Waals surface area contributed by atoms with Gasteiger partial charge in [-0.05, 0) is 6.92 Å². The lowest BCUT2D eigenvalue weighted by Crippen LogP contribution is -2.43. The molecule has 100 valence electrons. The largest absolute Gasteiger partial charge is 0.493 e. The second kappa shape index (κ2) is 6.48. The fraction of sp³-hybridized carbons (Fsp3) is 0.500. The summed E-state index contributed by atoms with van der Waals surface area (Å²) in [6.07, 6.45) is -0.00362. The predicted molar refractivity (Wildman–Crippen MR) is 58.1 cm³/mol. The smallest absolute Gasteiger partial charge is 0.377 e. The molecule has 0 unspecified atom stereocenters. The molecular weight excluding hydrogens is 244 g/mol. The minimum absolute atomic E-state index is 0.110. The van der Waals surface area contributed by atoms with Crippen LogP contribution in [0.1, 0.15) is 6.92 Å². The molecule has 0 saturated heterocycles. The first kappa shape index (κ1) is 13.8. The fourth-order valence-electron chi connectivity index (χ4n) is 1.02. The lowest BCUT2D eigenvalue weighted by atomic mass is 10.3. The van der Waals surface area contributed by atoms with Crippen molar-refractivity contribution < 1.29 is 28.6 Å². The molecule has 3 amide bonds. The third-order valence-electron chi connectivity index (χ3n) is 1.97. The summed E-state index contributed by atoms with van der Waals surface area (Å²) in [6.45, 7) is 1.92. The molecule has 0 aromatic heterocycles. The number of nitrogens with one attached hydrogen (secondary N) is 2. The van der Waals surface area contributed by atoms with Crippen molar-refractivity contribution >= 4 is 17.9 Å². The zero-order valence-electron chi connectivity index (χ0n) is 10.0. The van der Waals surface area contributed by atoms with Crippen LogP contribution in [0.3, 0.4) is 0 Å². The van der Waals surface area contributed by atoms with Crippen molar-refractivity contribution in [1.29, 1.82) is 0 Å². The molecule has 18 heavy (non-hydrogen) atoms. The van der Waals surface area contributed by atoms with Gasteiger partial charge in [-0.1, -0.05) is 0 Å². The number of esters is 1. The molecule has 0 spiro atoms. The van der Waals surface area contributed by atoms with Gasteiger partial charge in [0.05, 0.1) is 0 Å². The van der Waals surface area contributed by atoms with E-state index in [1.807, 2.05) is 5.32 Å². The van der Waals surface area contributed by atoms with Crippen LogP contribution >= 0.6 is 0 Å². The lowest BCUT2D eigenvalue weighted by Gasteiger charge is -2.17. The Morgan fingerprint density at radius 3 is 2.67 bits per heavy atom. The van der Waals surface area contributed by atoms with Gasteiger partial charge in [0.2, 0.25) is 5.76 Å². The van der Waals surface area contributed by atoms with Crippen LogP contribution in [-0.2, 0) is 23.8 Å². The van der Waals surface area contributed by atoms with E-state index in [1.165, 1.54) is 14.0 Å². The van der Waals surface area contributed by atoms with Gasteiger partial charge in [-0.3, -0.25) is 10.1 Å². The molecule has 2 N–H and O–H groups in total. The van der Waals surface area contributed by atoms with Crippen molar-refractivity contribution in [2.24, 2.45) is 0 Å². The topological polar surface area (TPSA) is 103 Å². The quantitative estimate of drug-likeness (QED) is 0.646. The molecule has 0 aromatic rings. The van der Waals surface area contributed by atoms with Gasteiger partial charge < -0.3 is 19.5 Å². The molecule has 8 heteroatoms. The summed E-state index contributed by atoms with van der Waals surface area (Å²) in [4.78, 5) is 33.8. The van der Waals surface area contributed by atoms with E-state index in [2.05, 4.69) is 5.32 Å². The number of carbonyl (C=O) groups excluding carboxylic acids is 3. The standard InChI is InChI=1S/C10H14N2O6/c1-6(8(13)12-10(15)11-2)18-9(14)7-5-16-3-4-17-7/h5-6H,3-4H2,1-2H3,(H2,11,12,13,15)/t6-/m0/s1. The Balaban J connectivity index is 2.46. The highest BCUT2D eigenvalue weighted by Gasteiger charge is 2.24. The van der Waals surface area contributed by atoms with Crippen molar-refractivity contribution in [2.75, 3.05) is 20.3 Å². The Morgan fingerprint density at radius 1 is 1.39 bits per heavy atom. The van der Waals surface area contributed by atoms with E-state index < -0.39 is 24.0 Å². The van der Waals surface area contributed by atoms with Crippen molar-refractivity contribution in [3.05, 3.63) is 12.0 Å². The van der Waals surface area contributed by atoms with Gasteiger partial charge in [0.15, 0.2) is 6.10 Å². The average molecular weight is 258 g/mol. The molecule has 0 aliphatic carbocycles. The summed E-state index contributed by atoms with van der Waals surface area (Å²) in [5, 5.41) is 4.18. The van der Waals surface area contributed by atoms with E-state index in [9.17, 15) is 14.4 Å². The molecule has 1 aliphatic heterocycles. The molecule has 1 aliphatic rings. The first-order chi connectivity index (χ1) is 8.54. The van der Waals surface area contributed by atoms with Crippen molar-refractivity contribution in [1.82, 2.24) is 10.6 Å². The zero-order valence-corrected chi connectivity index (χ0v) is 10.0. The summed E-state index contributed by atoms with van der Waals surface area (Å²) in [7, 11) is 1.36. The average Bonchev–Trinajstić information content (AvgIpc) is 2.39. The van der Waals surface area contributed by atoms with Crippen LogP contribution in [0.4, 0.5) is 4.79 Å². The van der Waals surface area contributed by atoms with Crippen LogP contribution in [0.15, 0.2) is 12.0 Å². The van der Waals surface area contributed by atoms with Crippen LogP contribution in [0.25, 0.3) is 0 Å². The number of carbonyl (C=O) groups is 3. The maximum atomic E-state index is 11.5. The number of ether oxygens (including phenoxy) is 3. The number of imide groups is 1. The highest BCUT2D eigenvalue weighted by Crippen LogP contribution is 2.07. The maximum Gasteiger partial charge on any atom is 0.377 e. The summed E-state index contributed by atoms with van der Waals surface area (Å²) in [6, 6.07) is -0.681. The van der Waals surface area contributed by atoms with E-state index in [-0.39, 0.29) is 12.4 Å². The molecule has 0 fully saturated rings. The van der Waals surface area contributed by atoms with Crippen molar-refractivity contribution in [3.63, 3.8) is 0 Å². The molecule has 8 nitrogen and oxygen atoms in total. The Kier molecular flexibility index (Phi) is 4.97. The van der Waals surface area contributed by atoms with E-state index in [0.717, 1.165) is 6.26 Å². The van der Waals surface area contributed by atoms with Gasteiger partial charge in [0.1, 0.15) is 19.5 Å². The van der Waals surface area contributed by atoms with Gasteiger partial charge in [-0.15, -0.1) is 0 Å². The number of rotatable bonds is 3. The van der Waals surface area contributed by atoms with Gasteiger partial charge >= 0.3 is 12.0 Å². The second-order valence-corrected chi connectivity index (χ2v) is 3.32. The zero-order chi connectivity index (χ0) is 13.5. The molecular formula is C10H14N2O6. The number of urea groups is 1. The SMILES string of the molecule is CNC(=O)NC(=O)[C@H](C)OC(=O)C1=COCCO1. The minimum atomic E-state index is -1.12. The van der Waals surface area contributed by atoms with Crippen LogP contribution in [0.5, 0.6) is 0 Å². The Labute approximate surface area is 103 Å². The van der Waals surface area contributed by atoms with Crippen LogP contribution in [-0.4, -0.2) is 44.3 Å². The van der Waals surface area contributed by atoms with E-state index in [4.69, 9.17) is 14.2 Å². The van der Waals surface area contributed by atoms with E-state index >= 15 is 0 Å². The summed E-state index contributed by atoms with van der Waals surface area (Å²) >= 11 is 0. The molecule has 0 radical (unpaired) electrons. The van der Waals surface area contributed by atoms with E-state index in [1.54, 1.807) is 0 Å². The fourth-order valence-corrected chi connectivity index (χ4v) is 1.02. The summed E-state index contributed by atoms with van der Waals surface area (Å²) in [5.41, 5.74) is 0. The number of hydrogen-bond acceptors (Lipinski definition) is 6. The monoisotopic (exact) mass is 258 g/mol. The highest BCUT2D eigenvalue weighted by molar-refractivity contribution is 5.97. The molecule has 1 rings (SSSR count). The molecule has 0 saturated carbocycles. The van der Waals surface area contributed by atoms with Crippen LogP contribution in [0, 0.1) is 0 Å². The Morgan fingerprint density at radius 2 is 2.11 bits per heavy atom. The number of amides is 3. The van der Waals surface area contributed by atoms with Gasteiger partial charge in [0.25, 0.3) is 5.91 Å². The molecule has 1 heterocycles. The van der Waals surface area contributed by atoms with Gasteiger partial charge in [0, 0.05) is 7.05 Å². The third kappa shape index (κ3) is 3.96. The third-order valence-corrected chi connectivity index (χ3v) is 1.97. The molecule has 0 bridgehead atoms. The van der Waals surface area contributed by atoms with Gasteiger partial charge in [-0.25, -0.2) is 9.59 Å². The van der Waals surface area contributed by atoms with Crippen LogP contribution < -0.4 is 10.6 Å². The summed E-state index contributed by atoms with van der Waals surface area (Å²) < 4.78 is 14.6. The van der Waals surface area contributed by atoms with Crippen LogP contribution in [0.2, 0.25) is 0 Å².